The van der Waals surface area contributed by atoms with Crippen LogP contribution in [-0.2, 0) is 22.2 Å². The number of fused-ring (bicyclic) bond motifs is 1. The summed E-state index contributed by atoms with van der Waals surface area (Å²) in [7, 11) is 0. The van der Waals surface area contributed by atoms with Crippen LogP contribution in [0, 0.1) is 5.92 Å². The van der Waals surface area contributed by atoms with Gasteiger partial charge < -0.3 is 15.1 Å². The summed E-state index contributed by atoms with van der Waals surface area (Å²) in [4.78, 5) is 39.6. The molecule has 2 N–H and O–H groups in total. The predicted molar refractivity (Wildman–Crippen MR) is 99.4 cm³/mol. The Morgan fingerprint density at radius 1 is 1.10 bits per heavy atom. The van der Waals surface area contributed by atoms with Crippen molar-refractivity contribution in [1.82, 2.24) is 25.3 Å². The van der Waals surface area contributed by atoms with Crippen LogP contribution < -0.4 is 10.9 Å². The van der Waals surface area contributed by atoms with Crippen LogP contribution >= 0.6 is 0 Å². The van der Waals surface area contributed by atoms with Crippen molar-refractivity contribution in [2.75, 3.05) is 32.7 Å². The maximum Gasteiger partial charge on any atom is 0.422 e. The van der Waals surface area contributed by atoms with Gasteiger partial charge >= 0.3 is 6.18 Å². The Morgan fingerprint density at radius 3 is 2.40 bits per heavy atom. The number of hydrogen-bond donors (Lipinski definition) is 2. The van der Waals surface area contributed by atoms with Crippen molar-refractivity contribution >= 4 is 11.8 Å². The second-order valence-electron chi connectivity index (χ2n) is 8.07. The quantitative estimate of drug-likeness (QED) is 0.726. The van der Waals surface area contributed by atoms with Gasteiger partial charge in [0.25, 0.3) is 5.56 Å². The minimum atomic E-state index is -4.73. The van der Waals surface area contributed by atoms with Crippen LogP contribution in [0.15, 0.2) is 4.79 Å². The summed E-state index contributed by atoms with van der Waals surface area (Å²) in [6.07, 6.45) is -2.10. The third-order valence-corrected chi connectivity index (χ3v) is 6.01. The normalized spacial score (nSPS) is 21.6. The molecule has 2 fully saturated rings. The lowest BCUT2D eigenvalue weighted by Gasteiger charge is -2.35. The number of halogens is 3. The minimum Gasteiger partial charge on any atom is -0.339 e. The topological polar surface area (TPSA) is 98.4 Å². The Balaban J connectivity index is 1.27. The molecule has 2 aliphatic carbocycles. The number of carbonyl (C=O) groups is 2. The maximum atomic E-state index is 13.2. The number of hydrogen-bond acceptors (Lipinski definition) is 5. The van der Waals surface area contributed by atoms with Gasteiger partial charge in [0, 0.05) is 45.1 Å². The van der Waals surface area contributed by atoms with E-state index in [1.54, 1.807) is 4.90 Å². The van der Waals surface area contributed by atoms with Crippen molar-refractivity contribution in [3.8, 4) is 0 Å². The van der Waals surface area contributed by atoms with E-state index in [1.165, 1.54) is 0 Å². The molecule has 2 heterocycles. The third kappa shape index (κ3) is 4.21. The molecule has 1 saturated heterocycles. The fourth-order valence-corrected chi connectivity index (χ4v) is 4.24. The molecule has 1 saturated carbocycles. The van der Waals surface area contributed by atoms with Crippen LogP contribution in [0.5, 0.6) is 0 Å². The number of rotatable bonds is 5. The molecule has 2 amide bonds. The molecule has 1 unspecified atom stereocenters. The number of piperazine rings is 1. The number of nitrogens with zero attached hydrogens (tertiary/aromatic N) is 3. The lowest BCUT2D eigenvalue weighted by molar-refractivity contribution is -0.140. The second-order valence-corrected chi connectivity index (χ2v) is 8.07. The third-order valence-electron chi connectivity index (χ3n) is 6.01. The number of aromatic amines is 1. The standard InChI is InChI=1S/C19H24F3N5O3/c20-19(21,22)15-12-3-4-13(16(12)24-25-17(15)29)23-6-5-14(28)26-7-9-27(10-8-26)18(30)11-1-2-11/h11,13,23H,1-10H2,(H,25,29). The van der Waals surface area contributed by atoms with E-state index in [4.69, 9.17) is 0 Å². The van der Waals surface area contributed by atoms with Crippen LogP contribution in [0.3, 0.4) is 0 Å². The zero-order valence-electron chi connectivity index (χ0n) is 16.4. The van der Waals surface area contributed by atoms with Crippen molar-refractivity contribution < 1.29 is 22.8 Å². The van der Waals surface area contributed by atoms with Gasteiger partial charge in [-0.1, -0.05) is 0 Å². The Labute approximate surface area is 170 Å². The summed E-state index contributed by atoms with van der Waals surface area (Å²) in [5.74, 6) is 0.309. The molecule has 30 heavy (non-hydrogen) atoms. The van der Waals surface area contributed by atoms with Crippen molar-refractivity contribution in [1.29, 1.82) is 0 Å². The SMILES string of the molecule is O=C(CCNC1CCc2c1n[nH]c(=O)c2C(F)(F)F)N1CCN(C(=O)C2CC2)CC1. The average molecular weight is 427 g/mol. The Morgan fingerprint density at radius 2 is 1.77 bits per heavy atom. The van der Waals surface area contributed by atoms with Crippen molar-refractivity contribution in [2.45, 2.75) is 44.3 Å². The van der Waals surface area contributed by atoms with Gasteiger partial charge in [-0.05, 0) is 31.2 Å². The van der Waals surface area contributed by atoms with Crippen molar-refractivity contribution in [2.24, 2.45) is 5.92 Å². The van der Waals surface area contributed by atoms with Gasteiger partial charge in [0.1, 0.15) is 5.56 Å². The van der Waals surface area contributed by atoms with E-state index in [0.717, 1.165) is 12.8 Å². The van der Waals surface area contributed by atoms with Gasteiger partial charge in [-0.3, -0.25) is 14.4 Å². The minimum absolute atomic E-state index is 0.0513. The highest BCUT2D eigenvalue weighted by molar-refractivity contribution is 5.81. The van der Waals surface area contributed by atoms with Gasteiger partial charge in [-0.15, -0.1) is 0 Å². The molecule has 0 radical (unpaired) electrons. The number of amides is 2. The first-order chi connectivity index (χ1) is 14.3. The van der Waals surface area contributed by atoms with E-state index < -0.39 is 23.3 Å². The Bertz CT molecular complexity index is 888. The summed E-state index contributed by atoms with van der Waals surface area (Å²) in [5.41, 5.74) is -2.27. The van der Waals surface area contributed by atoms with E-state index in [0.29, 0.717) is 39.1 Å². The average Bonchev–Trinajstić information content (AvgIpc) is 3.48. The maximum absolute atomic E-state index is 13.2. The van der Waals surface area contributed by atoms with Gasteiger partial charge in [0.2, 0.25) is 11.8 Å². The van der Waals surface area contributed by atoms with E-state index in [-0.39, 0.29) is 41.8 Å². The number of H-pyrrole nitrogens is 1. The first-order valence-electron chi connectivity index (χ1n) is 10.2. The van der Waals surface area contributed by atoms with Crippen LogP contribution in [-0.4, -0.2) is 64.5 Å². The van der Waals surface area contributed by atoms with Crippen LogP contribution in [0.25, 0.3) is 0 Å². The summed E-state index contributed by atoms with van der Waals surface area (Å²) >= 11 is 0. The molecule has 1 aliphatic heterocycles. The van der Waals surface area contributed by atoms with Gasteiger partial charge in [0.05, 0.1) is 11.7 Å². The molecular formula is C19H24F3N5O3. The van der Waals surface area contributed by atoms with Crippen LogP contribution in [0.4, 0.5) is 13.2 Å². The molecule has 4 rings (SSSR count). The first kappa shape index (κ1) is 20.8. The molecular weight excluding hydrogens is 403 g/mol. The van der Waals surface area contributed by atoms with Gasteiger partial charge in [-0.2, -0.15) is 18.3 Å². The molecule has 0 spiro atoms. The Hall–Kier alpha value is -2.43. The molecule has 1 aromatic rings. The molecule has 0 bridgehead atoms. The summed E-state index contributed by atoms with van der Waals surface area (Å²) in [5, 5.41) is 8.85. The molecule has 0 aromatic carbocycles. The highest BCUT2D eigenvalue weighted by Gasteiger charge is 2.41. The Kier molecular flexibility index (Phi) is 5.56. The largest absolute Gasteiger partial charge is 0.422 e. The highest BCUT2D eigenvalue weighted by atomic mass is 19.4. The molecule has 164 valence electrons. The van der Waals surface area contributed by atoms with E-state index in [1.807, 2.05) is 10.00 Å². The number of aromatic nitrogens is 2. The first-order valence-corrected chi connectivity index (χ1v) is 10.2. The van der Waals surface area contributed by atoms with Gasteiger partial charge in [0.15, 0.2) is 0 Å². The highest BCUT2D eigenvalue weighted by Crippen LogP contribution is 2.37. The zero-order valence-corrected chi connectivity index (χ0v) is 16.4. The lowest BCUT2D eigenvalue weighted by Crippen LogP contribution is -2.51. The molecule has 11 heteroatoms. The van der Waals surface area contributed by atoms with Gasteiger partial charge in [-0.25, -0.2) is 5.10 Å². The lowest BCUT2D eigenvalue weighted by atomic mass is 10.1. The number of alkyl halides is 3. The fourth-order valence-electron chi connectivity index (χ4n) is 4.24. The van der Waals surface area contributed by atoms with E-state index in [2.05, 4.69) is 10.4 Å². The van der Waals surface area contributed by atoms with E-state index >= 15 is 0 Å². The summed E-state index contributed by atoms with van der Waals surface area (Å²) < 4.78 is 39.5. The molecule has 1 aromatic heterocycles. The van der Waals surface area contributed by atoms with Crippen molar-refractivity contribution in [3.05, 3.63) is 27.2 Å². The fraction of sp³-hybridized carbons (Fsp3) is 0.684. The summed E-state index contributed by atoms with van der Waals surface area (Å²) in [6.45, 7) is 2.39. The second kappa shape index (κ2) is 8.01. The molecule has 3 aliphatic rings. The van der Waals surface area contributed by atoms with Crippen molar-refractivity contribution in [3.63, 3.8) is 0 Å². The molecule has 1 atom stereocenters. The number of carbonyl (C=O) groups excluding carboxylic acids is 2. The smallest absolute Gasteiger partial charge is 0.339 e. The van der Waals surface area contributed by atoms with E-state index in [9.17, 15) is 27.6 Å². The molecule has 8 nitrogen and oxygen atoms in total. The zero-order chi connectivity index (χ0) is 21.5. The monoisotopic (exact) mass is 427 g/mol. The predicted octanol–water partition coefficient (Wildman–Crippen LogP) is 0.837. The van der Waals surface area contributed by atoms with Crippen LogP contribution in [0.2, 0.25) is 0 Å². The summed E-state index contributed by atoms with van der Waals surface area (Å²) in [6, 6.07) is -0.432. The van der Waals surface area contributed by atoms with Crippen LogP contribution in [0.1, 0.15) is 48.5 Å². The number of nitrogens with one attached hydrogen (secondary N) is 2.